The maximum Gasteiger partial charge on any atom is 0.335 e. The van der Waals surface area contributed by atoms with Crippen LogP contribution in [0.4, 0.5) is 10.5 Å². The molecule has 0 aromatic heterocycles. The lowest BCUT2D eigenvalue weighted by Gasteiger charge is -2.27. The number of halogens is 2. The molecule has 1 heterocycles. The summed E-state index contributed by atoms with van der Waals surface area (Å²) < 4.78 is 11.7. The third kappa shape index (κ3) is 4.34. The molecule has 0 aliphatic carbocycles. The number of imide groups is 2. The first-order valence-electron chi connectivity index (χ1n) is 9.03. The highest BCUT2D eigenvalue weighted by molar-refractivity contribution is 9.10. The monoisotopic (exact) mass is 492 g/mol. The SMILES string of the molecule is CCCOc1c(Br)cc(/C=C2\C(=O)NC(=O)N(c3ccccc3Cl)C2=O)cc1OC. The quantitative estimate of drug-likeness (QED) is 0.471. The number of carbonyl (C=O) groups is 3. The van der Waals surface area contributed by atoms with Gasteiger partial charge in [0.1, 0.15) is 5.57 Å². The van der Waals surface area contributed by atoms with Crippen LogP contribution in [0.25, 0.3) is 6.08 Å². The molecule has 1 fully saturated rings. The number of carbonyl (C=O) groups excluding carboxylic acids is 3. The molecule has 0 spiro atoms. The third-order valence-electron chi connectivity index (χ3n) is 4.21. The summed E-state index contributed by atoms with van der Waals surface area (Å²) >= 11 is 9.57. The number of hydrogen-bond acceptors (Lipinski definition) is 5. The zero-order valence-electron chi connectivity index (χ0n) is 16.2. The third-order valence-corrected chi connectivity index (χ3v) is 5.12. The number of nitrogens with zero attached hydrogens (tertiary/aromatic N) is 1. The zero-order chi connectivity index (χ0) is 21.8. The molecule has 0 unspecified atom stereocenters. The number of ether oxygens (including phenoxy) is 2. The zero-order valence-corrected chi connectivity index (χ0v) is 18.5. The summed E-state index contributed by atoms with van der Waals surface area (Å²) in [5.74, 6) is -0.617. The van der Waals surface area contributed by atoms with Gasteiger partial charge in [0.2, 0.25) is 0 Å². The van der Waals surface area contributed by atoms with Gasteiger partial charge in [-0.25, -0.2) is 9.69 Å². The van der Waals surface area contributed by atoms with E-state index in [1.807, 2.05) is 6.92 Å². The van der Waals surface area contributed by atoms with E-state index in [0.29, 0.717) is 28.1 Å². The Morgan fingerprint density at radius 2 is 1.93 bits per heavy atom. The standard InChI is InChI=1S/C21H18BrClN2O5/c1-3-8-30-18-14(22)10-12(11-17(18)29-2)9-13-19(26)24-21(28)25(20(13)27)16-7-5-4-6-15(16)23/h4-7,9-11H,3,8H2,1-2H3,(H,24,26,28)/b13-9+. The van der Waals surface area contributed by atoms with Crippen molar-refractivity contribution in [2.45, 2.75) is 13.3 Å². The van der Waals surface area contributed by atoms with Gasteiger partial charge < -0.3 is 9.47 Å². The summed E-state index contributed by atoms with van der Waals surface area (Å²) in [7, 11) is 1.49. The Labute approximate surface area is 186 Å². The van der Waals surface area contributed by atoms with Gasteiger partial charge in [-0.05, 0) is 58.3 Å². The fraction of sp³-hybridized carbons (Fsp3) is 0.190. The Hall–Kier alpha value is -2.84. The first-order chi connectivity index (χ1) is 14.4. The maximum absolute atomic E-state index is 13.0. The minimum atomic E-state index is -0.864. The van der Waals surface area contributed by atoms with Crippen molar-refractivity contribution in [1.82, 2.24) is 5.32 Å². The highest BCUT2D eigenvalue weighted by Gasteiger charge is 2.37. The van der Waals surface area contributed by atoms with Gasteiger partial charge in [0, 0.05) is 0 Å². The van der Waals surface area contributed by atoms with Crippen molar-refractivity contribution in [3.05, 3.63) is 57.0 Å². The molecule has 2 aromatic carbocycles. The molecule has 2 aromatic rings. The summed E-state index contributed by atoms with van der Waals surface area (Å²) in [6.07, 6.45) is 2.20. The molecule has 1 N–H and O–H groups in total. The Morgan fingerprint density at radius 3 is 2.60 bits per heavy atom. The van der Waals surface area contributed by atoms with Gasteiger partial charge in [0.15, 0.2) is 11.5 Å². The molecule has 9 heteroatoms. The van der Waals surface area contributed by atoms with E-state index in [-0.39, 0.29) is 16.3 Å². The number of para-hydroxylation sites is 1. The fourth-order valence-corrected chi connectivity index (χ4v) is 3.64. The van der Waals surface area contributed by atoms with Crippen LogP contribution in [0.5, 0.6) is 11.5 Å². The number of amides is 4. The number of hydrogen-bond donors (Lipinski definition) is 1. The van der Waals surface area contributed by atoms with E-state index < -0.39 is 17.8 Å². The van der Waals surface area contributed by atoms with Gasteiger partial charge in [-0.1, -0.05) is 30.7 Å². The van der Waals surface area contributed by atoms with Crippen LogP contribution in [0.15, 0.2) is 46.4 Å². The summed E-state index contributed by atoms with van der Waals surface area (Å²) in [5, 5.41) is 2.38. The molecule has 1 saturated heterocycles. The minimum absolute atomic E-state index is 0.183. The van der Waals surface area contributed by atoms with Crippen molar-refractivity contribution < 1.29 is 23.9 Å². The Kier molecular flexibility index (Phi) is 6.79. The number of methoxy groups -OCH3 is 1. The summed E-state index contributed by atoms with van der Waals surface area (Å²) in [6, 6.07) is 8.85. The van der Waals surface area contributed by atoms with Gasteiger partial charge >= 0.3 is 6.03 Å². The van der Waals surface area contributed by atoms with Crippen LogP contribution in [0.1, 0.15) is 18.9 Å². The normalized spacial score (nSPS) is 15.4. The van der Waals surface area contributed by atoms with Crippen molar-refractivity contribution in [3.63, 3.8) is 0 Å². The maximum atomic E-state index is 13.0. The smallest absolute Gasteiger partial charge is 0.335 e. The number of rotatable bonds is 6. The number of benzene rings is 2. The van der Waals surface area contributed by atoms with Crippen molar-refractivity contribution in [2.75, 3.05) is 18.6 Å². The molecule has 0 atom stereocenters. The van der Waals surface area contributed by atoms with E-state index in [2.05, 4.69) is 21.2 Å². The Balaban J connectivity index is 2.02. The van der Waals surface area contributed by atoms with Crippen LogP contribution < -0.4 is 19.7 Å². The van der Waals surface area contributed by atoms with Gasteiger partial charge in [0.25, 0.3) is 11.8 Å². The fourth-order valence-electron chi connectivity index (χ4n) is 2.84. The Bertz CT molecular complexity index is 1050. The van der Waals surface area contributed by atoms with Gasteiger partial charge in [-0.2, -0.15) is 0 Å². The highest BCUT2D eigenvalue weighted by atomic mass is 79.9. The van der Waals surface area contributed by atoms with Gasteiger partial charge in [0.05, 0.1) is 28.9 Å². The van der Waals surface area contributed by atoms with Crippen molar-refractivity contribution in [1.29, 1.82) is 0 Å². The lowest BCUT2D eigenvalue weighted by Crippen LogP contribution is -2.54. The molecular weight excluding hydrogens is 476 g/mol. The van der Waals surface area contributed by atoms with E-state index in [1.54, 1.807) is 30.3 Å². The number of nitrogens with one attached hydrogen (secondary N) is 1. The average molecular weight is 494 g/mol. The first kappa shape index (κ1) is 21.9. The molecule has 7 nitrogen and oxygen atoms in total. The first-order valence-corrected chi connectivity index (χ1v) is 10.2. The summed E-state index contributed by atoms with van der Waals surface area (Å²) in [5.41, 5.74) is 0.474. The summed E-state index contributed by atoms with van der Waals surface area (Å²) in [4.78, 5) is 38.5. The van der Waals surface area contributed by atoms with Crippen molar-refractivity contribution in [3.8, 4) is 11.5 Å². The van der Waals surface area contributed by atoms with Crippen LogP contribution in [0.2, 0.25) is 5.02 Å². The van der Waals surface area contributed by atoms with Crippen LogP contribution in [0, 0.1) is 0 Å². The van der Waals surface area contributed by atoms with Crippen LogP contribution in [-0.4, -0.2) is 31.6 Å². The molecule has 1 aliphatic rings. The van der Waals surface area contributed by atoms with Crippen molar-refractivity contribution in [2.24, 2.45) is 0 Å². The largest absolute Gasteiger partial charge is 0.493 e. The van der Waals surface area contributed by atoms with Crippen LogP contribution >= 0.6 is 27.5 Å². The molecule has 3 rings (SSSR count). The Morgan fingerprint density at radius 1 is 1.20 bits per heavy atom. The predicted molar refractivity (Wildman–Crippen MR) is 117 cm³/mol. The van der Waals surface area contributed by atoms with E-state index in [4.69, 9.17) is 21.1 Å². The topological polar surface area (TPSA) is 84.9 Å². The molecular formula is C21H18BrClN2O5. The van der Waals surface area contributed by atoms with E-state index >= 15 is 0 Å². The van der Waals surface area contributed by atoms with Crippen LogP contribution in [0.3, 0.4) is 0 Å². The van der Waals surface area contributed by atoms with E-state index in [9.17, 15) is 14.4 Å². The molecule has 4 amide bonds. The molecule has 0 saturated carbocycles. The lowest BCUT2D eigenvalue weighted by atomic mass is 10.1. The minimum Gasteiger partial charge on any atom is -0.493 e. The van der Waals surface area contributed by atoms with Crippen LogP contribution in [-0.2, 0) is 9.59 Å². The second-order valence-electron chi connectivity index (χ2n) is 6.29. The number of barbiturate groups is 1. The van der Waals surface area contributed by atoms with Gasteiger partial charge in [-0.15, -0.1) is 0 Å². The second kappa shape index (κ2) is 9.32. The highest BCUT2D eigenvalue weighted by Crippen LogP contribution is 2.37. The molecule has 30 heavy (non-hydrogen) atoms. The molecule has 1 aliphatic heterocycles. The average Bonchev–Trinajstić information content (AvgIpc) is 2.71. The molecule has 0 radical (unpaired) electrons. The lowest BCUT2D eigenvalue weighted by molar-refractivity contribution is -0.122. The molecule has 156 valence electrons. The summed E-state index contributed by atoms with van der Waals surface area (Å²) in [6.45, 7) is 2.49. The van der Waals surface area contributed by atoms with E-state index in [1.165, 1.54) is 19.3 Å². The van der Waals surface area contributed by atoms with Gasteiger partial charge in [-0.3, -0.25) is 14.9 Å². The molecule has 0 bridgehead atoms. The van der Waals surface area contributed by atoms with Crippen molar-refractivity contribution >= 4 is 57.1 Å². The number of anilines is 1. The second-order valence-corrected chi connectivity index (χ2v) is 7.55. The number of urea groups is 1. The predicted octanol–water partition coefficient (Wildman–Crippen LogP) is 4.57. The van der Waals surface area contributed by atoms with E-state index in [0.717, 1.165) is 11.3 Å².